The number of hydrogen-bond acceptors (Lipinski definition) is 8. The minimum Gasteiger partial charge on any atom is -0.467 e. The molecule has 10 heteroatoms. The second kappa shape index (κ2) is 7.80. The second-order valence-electron chi connectivity index (χ2n) is 3.74. The molecule has 114 valence electrons. The van der Waals surface area contributed by atoms with E-state index in [2.05, 4.69) is 30.3 Å². The maximum absolute atomic E-state index is 11.5. The van der Waals surface area contributed by atoms with Gasteiger partial charge in [0.05, 0.1) is 12.9 Å². The Morgan fingerprint density at radius 2 is 1.70 bits per heavy atom. The van der Waals surface area contributed by atoms with Gasteiger partial charge in [-0.25, -0.2) is 13.1 Å². The highest BCUT2D eigenvalue weighted by Crippen LogP contribution is 2.10. The lowest BCUT2D eigenvalue weighted by molar-refractivity contribution is 0.379. The van der Waals surface area contributed by atoms with Crippen molar-refractivity contribution in [1.29, 1.82) is 0 Å². The summed E-state index contributed by atoms with van der Waals surface area (Å²) in [5.41, 5.74) is 0. The van der Waals surface area contributed by atoms with Gasteiger partial charge in [-0.05, 0) is 6.92 Å². The van der Waals surface area contributed by atoms with Gasteiger partial charge in [0.1, 0.15) is 0 Å². The van der Waals surface area contributed by atoms with Gasteiger partial charge in [0.15, 0.2) is 0 Å². The van der Waals surface area contributed by atoms with E-state index in [1.165, 1.54) is 7.11 Å². The molecule has 0 aromatic carbocycles. The number of nitrogens with one attached hydrogen (secondary N) is 3. The lowest BCUT2D eigenvalue weighted by Crippen LogP contribution is -2.29. The van der Waals surface area contributed by atoms with E-state index in [-0.39, 0.29) is 24.3 Å². The van der Waals surface area contributed by atoms with Crippen LogP contribution in [0.2, 0.25) is 0 Å². The summed E-state index contributed by atoms with van der Waals surface area (Å²) in [7, 11) is -1.82. The molecule has 0 amide bonds. The van der Waals surface area contributed by atoms with Gasteiger partial charge in [0, 0.05) is 19.6 Å². The molecule has 0 saturated heterocycles. The van der Waals surface area contributed by atoms with Crippen molar-refractivity contribution < 1.29 is 13.2 Å². The summed E-state index contributed by atoms with van der Waals surface area (Å²) in [5, 5.41) is 5.77. The smallest absolute Gasteiger partial charge is 0.322 e. The van der Waals surface area contributed by atoms with E-state index in [1.54, 1.807) is 6.92 Å². The van der Waals surface area contributed by atoms with E-state index in [0.717, 1.165) is 0 Å². The number of sulfonamides is 1. The molecule has 0 saturated carbocycles. The summed E-state index contributed by atoms with van der Waals surface area (Å²) >= 11 is 0. The van der Waals surface area contributed by atoms with Crippen LogP contribution in [-0.2, 0) is 10.0 Å². The standard InChI is InChI=1S/C10H20N6O3S/c1-4-11-8-14-9(16-10(15-8)19-3)12-6-7-20(17,18)13-5-2/h13H,4-7H2,1-3H3,(H2,11,12,14,15,16). The maximum Gasteiger partial charge on any atom is 0.322 e. The van der Waals surface area contributed by atoms with E-state index in [1.807, 2.05) is 6.92 Å². The summed E-state index contributed by atoms with van der Waals surface area (Å²) in [4.78, 5) is 12.1. The molecule has 3 N–H and O–H groups in total. The molecule has 0 unspecified atom stereocenters. The zero-order valence-corrected chi connectivity index (χ0v) is 12.6. The second-order valence-corrected chi connectivity index (χ2v) is 5.67. The van der Waals surface area contributed by atoms with E-state index in [4.69, 9.17) is 4.74 Å². The molecule has 0 atom stereocenters. The molecule has 1 rings (SSSR count). The van der Waals surface area contributed by atoms with Gasteiger partial charge < -0.3 is 15.4 Å². The molecule has 0 spiro atoms. The van der Waals surface area contributed by atoms with Gasteiger partial charge in [-0.3, -0.25) is 0 Å². The Labute approximate surface area is 118 Å². The van der Waals surface area contributed by atoms with Crippen LogP contribution in [-0.4, -0.2) is 55.9 Å². The molecule has 1 aromatic rings. The van der Waals surface area contributed by atoms with Crippen LogP contribution < -0.4 is 20.1 Å². The molecule has 1 aromatic heterocycles. The van der Waals surface area contributed by atoms with Gasteiger partial charge in [-0.2, -0.15) is 15.0 Å². The van der Waals surface area contributed by atoms with Crippen molar-refractivity contribution >= 4 is 21.9 Å². The Balaban J connectivity index is 2.65. The van der Waals surface area contributed by atoms with Crippen molar-refractivity contribution in [3.8, 4) is 6.01 Å². The Kier molecular flexibility index (Phi) is 6.39. The van der Waals surface area contributed by atoms with Crippen molar-refractivity contribution in [1.82, 2.24) is 19.7 Å². The number of nitrogens with zero attached hydrogens (tertiary/aromatic N) is 3. The number of rotatable bonds is 9. The molecular formula is C10H20N6O3S. The Hall–Kier alpha value is -1.68. The lowest BCUT2D eigenvalue weighted by atomic mass is 10.7. The normalized spacial score (nSPS) is 11.2. The van der Waals surface area contributed by atoms with Crippen LogP contribution in [0.25, 0.3) is 0 Å². The number of aromatic nitrogens is 3. The SMILES string of the molecule is CCNc1nc(NCCS(=O)(=O)NCC)nc(OC)n1. The molecule has 20 heavy (non-hydrogen) atoms. The fourth-order valence-electron chi connectivity index (χ4n) is 1.35. The molecular weight excluding hydrogens is 284 g/mol. The first-order chi connectivity index (χ1) is 9.50. The Bertz CT molecular complexity index is 522. The van der Waals surface area contributed by atoms with Gasteiger partial charge in [-0.15, -0.1) is 0 Å². The first-order valence-corrected chi connectivity index (χ1v) is 7.91. The van der Waals surface area contributed by atoms with Crippen LogP contribution in [0.5, 0.6) is 6.01 Å². The number of ether oxygens (including phenoxy) is 1. The average molecular weight is 304 g/mol. The number of hydrogen-bond donors (Lipinski definition) is 3. The van der Waals surface area contributed by atoms with E-state index in [0.29, 0.717) is 19.0 Å². The van der Waals surface area contributed by atoms with Crippen LogP contribution in [0, 0.1) is 0 Å². The summed E-state index contributed by atoms with van der Waals surface area (Å²) < 4.78 is 30.3. The Morgan fingerprint density at radius 3 is 2.25 bits per heavy atom. The quantitative estimate of drug-likeness (QED) is 0.567. The van der Waals surface area contributed by atoms with Gasteiger partial charge in [0.2, 0.25) is 21.9 Å². The number of methoxy groups -OCH3 is 1. The third-order valence-electron chi connectivity index (χ3n) is 2.15. The Morgan fingerprint density at radius 1 is 1.05 bits per heavy atom. The fourth-order valence-corrected chi connectivity index (χ4v) is 2.31. The third-order valence-corrected chi connectivity index (χ3v) is 3.62. The molecule has 0 aliphatic carbocycles. The van der Waals surface area contributed by atoms with Gasteiger partial charge in [0.25, 0.3) is 0 Å². The van der Waals surface area contributed by atoms with Crippen molar-refractivity contribution in [2.45, 2.75) is 13.8 Å². The van der Waals surface area contributed by atoms with Crippen LogP contribution in [0.3, 0.4) is 0 Å². The van der Waals surface area contributed by atoms with Crippen molar-refractivity contribution in [2.75, 3.05) is 43.1 Å². The van der Waals surface area contributed by atoms with E-state index < -0.39 is 10.0 Å². The van der Waals surface area contributed by atoms with Crippen LogP contribution >= 0.6 is 0 Å². The van der Waals surface area contributed by atoms with Crippen molar-refractivity contribution in [3.05, 3.63) is 0 Å². The van der Waals surface area contributed by atoms with E-state index >= 15 is 0 Å². The van der Waals surface area contributed by atoms with Crippen molar-refractivity contribution in [3.63, 3.8) is 0 Å². The highest BCUT2D eigenvalue weighted by Gasteiger charge is 2.10. The lowest BCUT2D eigenvalue weighted by Gasteiger charge is -2.09. The van der Waals surface area contributed by atoms with Crippen LogP contribution in [0.4, 0.5) is 11.9 Å². The van der Waals surface area contributed by atoms with Gasteiger partial charge >= 0.3 is 6.01 Å². The maximum atomic E-state index is 11.5. The third kappa shape index (κ3) is 5.53. The summed E-state index contributed by atoms with van der Waals surface area (Å²) in [5.74, 6) is 0.571. The first-order valence-electron chi connectivity index (χ1n) is 6.26. The minimum absolute atomic E-state index is 0.0641. The molecule has 0 bridgehead atoms. The van der Waals surface area contributed by atoms with Crippen LogP contribution in [0.15, 0.2) is 0 Å². The molecule has 1 heterocycles. The topological polar surface area (TPSA) is 118 Å². The zero-order valence-electron chi connectivity index (χ0n) is 11.8. The monoisotopic (exact) mass is 304 g/mol. The highest BCUT2D eigenvalue weighted by atomic mass is 32.2. The largest absolute Gasteiger partial charge is 0.467 e. The van der Waals surface area contributed by atoms with Crippen LogP contribution in [0.1, 0.15) is 13.8 Å². The molecule has 0 fully saturated rings. The summed E-state index contributed by atoms with van der Waals surface area (Å²) in [6, 6.07) is 0.160. The average Bonchev–Trinajstić information content (AvgIpc) is 2.38. The van der Waals surface area contributed by atoms with E-state index in [9.17, 15) is 8.42 Å². The summed E-state index contributed by atoms with van der Waals surface area (Å²) in [6.45, 7) is 4.85. The minimum atomic E-state index is -3.27. The predicted octanol–water partition coefficient (Wildman–Crippen LogP) is -0.337. The first kappa shape index (κ1) is 16.4. The number of anilines is 2. The molecule has 0 radical (unpaired) electrons. The van der Waals surface area contributed by atoms with Crippen molar-refractivity contribution in [2.24, 2.45) is 0 Å². The van der Waals surface area contributed by atoms with Gasteiger partial charge in [-0.1, -0.05) is 6.92 Å². The summed E-state index contributed by atoms with van der Waals surface area (Å²) in [6.07, 6.45) is 0. The molecule has 0 aliphatic rings. The zero-order chi connectivity index (χ0) is 15.0. The highest BCUT2D eigenvalue weighted by molar-refractivity contribution is 7.89. The predicted molar refractivity (Wildman–Crippen MR) is 76.5 cm³/mol. The fraction of sp³-hybridized carbons (Fsp3) is 0.700. The molecule has 9 nitrogen and oxygen atoms in total. The molecule has 0 aliphatic heterocycles.